The molecule has 18 heavy (non-hydrogen) atoms. The van der Waals surface area contributed by atoms with Crippen LogP contribution in [-0.2, 0) is 11.0 Å². The zero-order chi connectivity index (χ0) is 13.3. The molecule has 0 radical (unpaired) electrons. The van der Waals surface area contributed by atoms with E-state index in [1.54, 1.807) is 6.08 Å². The Hall–Kier alpha value is -1.78. The molecule has 0 N–H and O–H groups in total. The van der Waals surface area contributed by atoms with Crippen molar-refractivity contribution in [2.75, 3.05) is 11.4 Å². The molecule has 2 nitrogen and oxygen atoms in total. The average molecular weight is 255 g/mol. The van der Waals surface area contributed by atoms with Crippen LogP contribution in [0.4, 0.5) is 18.9 Å². The molecule has 1 saturated heterocycles. The van der Waals surface area contributed by atoms with Gasteiger partial charge in [0.15, 0.2) is 0 Å². The molecule has 5 heteroatoms. The van der Waals surface area contributed by atoms with Gasteiger partial charge in [0.1, 0.15) is 0 Å². The van der Waals surface area contributed by atoms with Crippen LogP contribution in [0.15, 0.2) is 36.9 Å². The van der Waals surface area contributed by atoms with Gasteiger partial charge in [-0.1, -0.05) is 12.1 Å². The molecule has 0 bridgehead atoms. The highest BCUT2D eigenvalue weighted by Crippen LogP contribution is 2.33. The number of hydrogen-bond acceptors (Lipinski definition) is 1. The summed E-state index contributed by atoms with van der Waals surface area (Å²) in [5.74, 6) is -0.161. The smallest absolute Gasteiger partial charge is 0.312 e. The predicted octanol–water partition coefficient (Wildman–Crippen LogP) is 3.24. The van der Waals surface area contributed by atoms with Crippen LogP contribution in [0.25, 0.3) is 0 Å². The van der Waals surface area contributed by atoms with E-state index in [-0.39, 0.29) is 11.8 Å². The first-order valence-electron chi connectivity index (χ1n) is 5.52. The van der Waals surface area contributed by atoms with Gasteiger partial charge in [-0.15, -0.1) is 6.58 Å². The summed E-state index contributed by atoms with van der Waals surface area (Å²) in [4.78, 5) is 13.1. The van der Waals surface area contributed by atoms with Crippen LogP contribution in [-0.4, -0.2) is 12.5 Å². The molecule has 1 fully saturated rings. The summed E-state index contributed by atoms with van der Waals surface area (Å²) >= 11 is 0. The maximum absolute atomic E-state index is 12.6. The molecular weight excluding hydrogens is 243 g/mol. The lowest BCUT2D eigenvalue weighted by atomic mass is 10.1. The average Bonchev–Trinajstić information content (AvgIpc) is 2.70. The highest BCUT2D eigenvalue weighted by atomic mass is 19.4. The van der Waals surface area contributed by atoms with E-state index in [4.69, 9.17) is 0 Å². The molecule has 0 spiro atoms. The molecule has 1 aliphatic rings. The number of benzene rings is 1. The summed E-state index contributed by atoms with van der Waals surface area (Å²) in [7, 11) is 0. The van der Waals surface area contributed by atoms with Gasteiger partial charge in [-0.2, -0.15) is 13.2 Å². The van der Waals surface area contributed by atoms with E-state index in [9.17, 15) is 18.0 Å². The van der Waals surface area contributed by atoms with E-state index in [2.05, 4.69) is 6.58 Å². The van der Waals surface area contributed by atoms with E-state index in [1.807, 2.05) is 0 Å². The Balaban J connectivity index is 2.29. The van der Waals surface area contributed by atoms with E-state index >= 15 is 0 Å². The van der Waals surface area contributed by atoms with Gasteiger partial charge in [-0.05, 0) is 18.2 Å². The van der Waals surface area contributed by atoms with Crippen molar-refractivity contribution >= 4 is 11.6 Å². The lowest BCUT2D eigenvalue weighted by Crippen LogP contribution is -2.24. The Morgan fingerprint density at radius 3 is 2.67 bits per heavy atom. The van der Waals surface area contributed by atoms with Crippen LogP contribution in [0.3, 0.4) is 0 Å². The van der Waals surface area contributed by atoms with Crippen molar-refractivity contribution in [3.8, 4) is 0 Å². The lowest BCUT2D eigenvalue weighted by Gasteiger charge is -2.17. The number of alkyl halides is 3. The molecule has 1 aromatic carbocycles. The third-order valence-electron chi connectivity index (χ3n) is 2.97. The fraction of sp³-hybridized carbons (Fsp3) is 0.308. The molecule has 0 aliphatic carbocycles. The molecule has 1 heterocycles. The fourth-order valence-electron chi connectivity index (χ4n) is 1.99. The quantitative estimate of drug-likeness (QED) is 0.743. The van der Waals surface area contributed by atoms with Crippen LogP contribution in [0.1, 0.15) is 12.0 Å². The molecule has 96 valence electrons. The van der Waals surface area contributed by atoms with Crippen molar-refractivity contribution in [1.82, 2.24) is 0 Å². The van der Waals surface area contributed by atoms with Gasteiger partial charge in [-0.3, -0.25) is 4.79 Å². The second kappa shape index (κ2) is 4.48. The van der Waals surface area contributed by atoms with Gasteiger partial charge >= 0.3 is 6.18 Å². The predicted molar refractivity (Wildman–Crippen MR) is 62.1 cm³/mol. The summed E-state index contributed by atoms with van der Waals surface area (Å²) in [5.41, 5.74) is -0.450. The monoisotopic (exact) mass is 255 g/mol. The molecule has 1 amide bonds. The number of anilines is 1. The number of rotatable bonds is 2. The van der Waals surface area contributed by atoms with E-state index in [0.717, 1.165) is 12.1 Å². The number of amides is 1. The minimum Gasteiger partial charge on any atom is -0.312 e. The van der Waals surface area contributed by atoms with Crippen molar-refractivity contribution in [3.05, 3.63) is 42.5 Å². The fourth-order valence-corrected chi connectivity index (χ4v) is 1.99. The molecule has 1 unspecified atom stereocenters. The summed E-state index contributed by atoms with van der Waals surface area (Å²) in [6.07, 6.45) is -2.43. The van der Waals surface area contributed by atoms with Gasteiger partial charge in [0.05, 0.1) is 5.56 Å². The Labute approximate surface area is 103 Å². The minimum absolute atomic E-state index is 0.00652. The SMILES string of the molecule is C=CC1CC(=O)N(c2cccc(C(F)(F)F)c2)C1. The Morgan fingerprint density at radius 1 is 1.39 bits per heavy atom. The van der Waals surface area contributed by atoms with Crippen molar-refractivity contribution in [2.24, 2.45) is 5.92 Å². The third-order valence-corrected chi connectivity index (χ3v) is 2.97. The number of carbonyl (C=O) groups excluding carboxylic acids is 1. The minimum atomic E-state index is -4.39. The van der Waals surface area contributed by atoms with Gasteiger partial charge in [0.2, 0.25) is 5.91 Å². The number of carbonyl (C=O) groups is 1. The third kappa shape index (κ3) is 2.39. The largest absolute Gasteiger partial charge is 0.416 e. The normalized spacial score (nSPS) is 20.3. The molecular formula is C13H12F3NO. The van der Waals surface area contributed by atoms with E-state index in [0.29, 0.717) is 18.7 Å². The molecule has 1 atom stereocenters. The Morgan fingerprint density at radius 2 is 2.11 bits per heavy atom. The van der Waals surface area contributed by atoms with Crippen molar-refractivity contribution in [3.63, 3.8) is 0 Å². The maximum atomic E-state index is 12.6. The van der Waals surface area contributed by atoms with Crippen molar-refractivity contribution in [2.45, 2.75) is 12.6 Å². The van der Waals surface area contributed by atoms with Crippen LogP contribution in [0.2, 0.25) is 0 Å². The summed E-state index contributed by atoms with van der Waals surface area (Å²) in [6, 6.07) is 4.82. The van der Waals surface area contributed by atoms with Gasteiger partial charge in [0.25, 0.3) is 0 Å². The Kier molecular flexibility index (Phi) is 3.15. The topological polar surface area (TPSA) is 20.3 Å². The number of hydrogen-bond donors (Lipinski definition) is 0. The van der Waals surface area contributed by atoms with Crippen LogP contribution in [0, 0.1) is 5.92 Å². The second-order valence-corrected chi connectivity index (χ2v) is 4.25. The van der Waals surface area contributed by atoms with Gasteiger partial charge in [-0.25, -0.2) is 0 Å². The Bertz CT molecular complexity index is 481. The standard InChI is InChI=1S/C13H12F3NO/c1-2-9-6-12(18)17(8-9)11-5-3-4-10(7-11)13(14,15)16/h2-5,7,9H,1,6,8H2. The summed E-state index contributed by atoms with van der Waals surface area (Å²) in [6.45, 7) is 4.00. The van der Waals surface area contributed by atoms with Crippen molar-refractivity contribution in [1.29, 1.82) is 0 Å². The maximum Gasteiger partial charge on any atom is 0.416 e. The summed E-state index contributed by atoms with van der Waals surface area (Å²) < 4.78 is 37.7. The summed E-state index contributed by atoms with van der Waals surface area (Å²) in [5, 5.41) is 0. The first-order valence-corrected chi connectivity index (χ1v) is 5.52. The van der Waals surface area contributed by atoms with E-state index < -0.39 is 11.7 Å². The molecule has 0 saturated carbocycles. The molecule has 1 aromatic rings. The van der Waals surface area contributed by atoms with Crippen LogP contribution in [0.5, 0.6) is 0 Å². The highest BCUT2D eigenvalue weighted by molar-refractivity contribution is 5.96. The van der Waals surface area contributed by atoms with Gasteiger partial charge < -0.3 is 4.90 Å². The van der Waals surface area contributed by atoms with Crippen LogP contribution < -0.4 is 4.90 Å². The van der Waals surface area contributed by atoms with Crippen LogP contribution >= 0.6 is 0 Å². The first kappa shape index (κ1) is 12.7. The number of nitrogens with zero attached hydrogens (tertiary/aromatic N) is 1. The zero-order valence-electron chi connectivity index (χ0n) is 9.57. The number of halogens is 3. The zero-order valence-corrected chi connectivity index (χ0v) is 9.57. The highest BCUT2D eigenvalue weighted by Gasteiger charge is 2.33. The van der Waals surface area contributed by atoms with Gasteiger partial charge in [0, 0.05) is 24.6 Å². The molecule has 2 rings (SSSR count). The van der Waals surface area contributed by atoms with Crippen molar-refractivity contribution < 1.29 is 18.0 Å². The second-order valence-electron chi connectivity index (χ2n) is 4.25. The first-order chi connectivity index (χ1) is 8.41. The molecule has 1 aliphatic heterocycles. The lowest BCUT2D eigenvalue weighted by molar-refractivity contribution is -0.137. The van der Waals surface area contributed by atoms with E-state index in [1.165, 1.54) is 17.0 Å². The molecule has 0 aromatic heterocycles.